The Morgan fingerprint density at radius 2 is 2.00 bits per heavy atom. The highest BCUT2D eigenvalue weighted by Gasteiger charge is 2.27. The van der Waals surface area contributed by atoms with Crippen molar-refractivity contribution in [1.82, 2.24) is 24.3 Å². The number of ether oxygens (including phenoxy) is 1. The number of hydrogen-bond acceptors (Lipinski definition) is 9. The topological polar surface area (TPSA) is 132 Å². The molecule has 33 heavy (non-hydrogen) atoms. The highest BCUT2D eigenvalue weighted by Crippen LogP contribution is 2.26. The number of benzene rings is 1. The molecule has 1 aliphatic heterocycles. The molecule has 1 saturated heterocycles. The Labute approximate surface area is 195 Å². The molecule has 0 spiro atoms. The number of nitrogens with one attached hydrogen (secondary N) is 1. The highest BCUT2D eigenvalue weighted by atomic mass is 32.2. The zero-order valence-electron chi connectivity index (χ0n) is 18.2. The first kappa shape index (κ1) is 23.4. The van der Waals surface area contributed by atoms with Gasteiger partial charge in [-0.1, -0.05) is 17.8 Å². The van der Waals surface area contributed by atoms with Crippen LogP contribution in [0.4, 0.5) is 5.82 Å². The summed E-state index contributed by atoms with van der Waals surface area (Å²) < 4.78 is 39.8. The Morgan fingerprint density at radius 3 is 2.76 bits per heavy atom. The Hall–Kier alpha value is -2.74. The molecule has 1 amide bonds. The summed E-state index contributed by atoms with van der Waals surface area (Å²) in [5, 5.41) is 15.2. The van der Waals surface area contributed by atoms with Gasteiger partial charge in [0.25, 0.3) is 5.22 Å². The average Bonchev–Trinajstić information content (AvgIpc) is 3.48. The summed E-state index contributed by atoms with van der Waals surface area (Å²) in [5.74, 6) is 0.617. The van der Waals surface area contributed by atoms with Crippen molar-refractivity contribution in [3.05, 3.63) is 36.5 Å². The SMILES string of the molecule is CC(C)n1nccc1NC(=O)CSc1nnc(-c2cccc(S(=O)(=O)N3CCOCC3)c2)o1. The van der Waals surface area contributed by atoms with E-state index in [4.69, 9.17) is 9.15 Å². The quantitative estimate of drug-likeness (QED) is 0.470. The lowest BCUT2D eigenvalue weighted by Crippen LogP contribution is -2.40. The fraction of sp³-hybridized carbons (Fsp3) is 0.400. The minimum Gasteiger partial charge on any atom is -0.411 e. The number of hydrogen-bond donors (Lipinski definition) is 1. The standard InChI is InChI=1S/C20H24N6O5S2/c1-14(2)26-17(6-7-21-26)22-18(27)13-32-20-24-23-19(31-20)15-4-3-5-16(12-15)33(28,29)25-8-10-30-11-9-25/h3-7,12,14H,8-11,13H2,1-2H3,(H,22,27). The van der Waals surface area contributed by atoms with Gasteiger partial charge < -0.3 is 14.5 Å². The summed E-state index contributed by atoms with van der Waals surface area (Å²) in [6.07, 6.45) is 1.63. The maximum Gasteiger partial charge on any atom is 0.277 e. The summed E-state index contributed by atoms with van der Waals surface area (Å²) in [6.45, 7) is 5.31. The lowest BCUT2D eigenvalue weighted by atomic mass is 10.2. The Bertz CT molecular complexity index is 1220. The minimum atomic E-state index is -3.64. The summed E-state index contributed by atoms with van der Waals surface area (Å²) in [4.78, 5) is 12.4. The maximum absolute atomic E-state index is 12.9. The van der Waals surface area contributed by atoms with Crippen molar-refractivity contribution >= 4 is 33.5 Å². The molecule has 0 bridgehead atoms. The molecule has 0 atom stereocenters. The van der Waals surface area contributed by atoms with Crippen LogP contribution in [-0.2, 0) is 19.6 Å². The molecule has 0 unspecified atom stereocenters. The predicted molar refractivity (Wildman–Crippen MR) is 121 cm³/mol. The van der Waals surface area contributed by atoms with Crippen molar-refractivity contribution in [3.63, 3.8) is 0 Å². The number of rotatable bonds is 8. The lowest BCUT2D eigenvalue weighted by molar-refractivity contribution is -0.113. The van der Waals surface area contributed by atoms with Crippen molar-refractivity contribution < 1.29 is 22.4 Å². The van der Waals surface area contributed by atoms with Crippen LogP contribution in [0.25, 0.3) is 11.5 Å². The van der Waals surface area contributed by atoms with E-state index >= 15 is 0 Å². The van der Waals surface area contributed by atoms with Gasteiger partial charge in [0, 0.05) is 30.8 Å². The normalized spacial score (nSPS) is 15.1. The molecule has 1 N–H and O–H groups in total. The molecule has 13 heteroatoms. The first-order valence-electron chi connectivity index (χ1n) is 10.3. The molecule has 1 aromatic carbocycles. The van der Waals surface area contributed by atoms with E-state index in [1.807, 2.05) is 13.8 Å². The van der Waals surface area contributed by atoms with Crippen molar-refractivity contribution in [2.24, 2.45) is 0 Å². The van der Waals surface area contributed by atoms with Crippen molar-refractivity contribution in [3.8, 4) is 11.5 Å². The van der Waals surface area contributed by atoms with E-state index in [0.29, 0.717) is 37.7 Å². The van der Waals surface area contributed by atoms with E-state index in [0.717, 1.165) is 11.8 Å². The molecule has 0 saturated carbocycles. The molecule has 176 valence electrons. The van der Waals surface area contributed by atoms with Gasteiger partial charge >= 0.3 is 0 Å². The zero-order chi connectivity index (χ0) is 23.4. The van der Waals surface area contributed by atoms with Crippen LogP contribution < -0.4 is 5.32 Å². The summed E-state index contributed by atoms with van der Waals surface area (Å²) in [6, 6.07) is 8.21. The third-order valence-electron chi connectivity index (χ3n) is 4.85. The minimum absolute atomic E-state index is 0.0658. The number of nitrogens with zero attached hydrogens (tertiary/aromatic N) is 5. The van der Waals surface area contributed by atoms with Crippen LogP contribution >= 0.6 is 11.8 Å². The van der Waals surface area contributed by atoms with Gasteiger partial charge in [-0.25, -0.2) is 13.1 Å². The third-order valence-corrected chi connectivity index (χ3v) is 7.56. The first-order chi connectivity index (χ1) is 15.8. The molecule has 3 heterocycles. The van der Waals surface area contributed by atoms with Gasteiger partial charge in [-0.2, -0.15) is 9.40 Å². The van der Waals surface area contributed by atoms with Gasteiger partial charge in [-0.05, 0) is 32.0 Å². The van der Waals surface area contributed by atoms with E-state index in [9.17, 15) is 13.2 Å². The second kappa shape index (κ2) is 10.0. The largest absolute Gasteiger partial charge is 0.411 e. The fourth-order valence-corrected chi connectivity index (χ4v) is 5.26. The van der Waals surface area contributed by atoms with E-state index in [1.165, 1.54) is 16.4 Å². The first-order valence-corrected chi connectivity index (χ1v) is 12.7. The van der Waals surface area contributed by atoms with Crippen LogP contribution in [0.2, 0.25) is 0 Å². The number of anilines is 1. The molecule has 3 aromatic rings. The van der Waals surface area contributed by atoms with Gasteiger partial charge in [0.2, 0.25) is 21.8 Å². The summed E-state index contributed by atoms with van der Waals surface area (Å²) in [5.41, 5.74) is 0.481. The van der Waals surface area contributed by atoms with Crippen LogP contribution in [0, 0.1) is 0 Å². The Morgan fingerprint density at radius 1 is 1.21 bits per heavy atom. The van der Waals surface area contributed by atoms with Gasteiger partial charge in [0.15, 0.2) is 0 Å². The average molecular weight is 493 g/mol. The van der Waals surface area contributed by atoms with Crippen LogP contribution in [0.1, 0.15) is 19.9 Å². The molecule has 0 aliphatic carbocycles. The van der Waals surface area contributed by atoms with E-state index in [2.05, 4.69) is 20.6 Å². The number of carbonyl (C=O) groups excluding carboxylic acids is 1. The molecule has 0 radical (unpaired) electrons. The molecule has 2 aromatic heterocycles. The molecule has 1 aliphatic rings. The molecule has 1 fully saturated rings. The Kier molecular flexibility index (Phi) is 7.12. The molecule has 4 rings (SSSR count). The van der Waals surface area contributed by atoms with E-state index in [-0.39, 0.29) is 33.7 Å². The van der Waals surface area contributed by atoms with Gasteiger partial charge in [-0.15, -0.1) is 10.2 Å². The Balaban J connectivity index is 1.40. The molecule has 11 nitrogen and oxygen atoms in total. The number of amides is 1. The van der Waals surface area contributed by atoms with E-state index < -0.39 is 10.0 Å². The van der Waals surface area contributed by atoms with Gasteiger partial charge in [0.1, 0.15) is 5.82 Å². The predicted octanol–water partition coefficient (Wildman–Crippen LogP) is 2.27. The van der Waals surface area contributed by atoms with Crippen LogP contribution in [-0.4, -0.2) is 70.7 Å². The van der Waals surface area contributed by atoms with Crippen molar-refractivity contribution in [2.75, 3.05) is 37.4 Å². The lowest BCUT2D eigenvalue weighted by Gasteiger charge is -2.26. The van der Waals surface area contributed by atoms with Crippen molar-refractivity contribution in [2.45, 2.75) is 30.0 Å². The highest BCUT2D eigenvalue weighted by molar-refractivity contribution is 7.99. The fourth-order valence-electron chi connectivity index (χ4n) is 3.24. The van der Waals surface area contributed by atoms with Gasteiger partial charge in [0.05, 0.1) is 30.1 Å². The number of thioether (sulfide) groups is 1. The number of carbonyl (C=O) groups is 1. The van der Waals surface area contributed by atoms with E-state index in [1.54, 1.807) is 29.1 Å². The number of aromatic nitrogens is 4. The smallest absolute Gasteiger partial charge is 0.277 e. The van der Waals surface area contributed by atoms with Crippen molar-refractivity contribution in [1.29, 1.82) is 0 Å². The zero-order valence-corrected chi connectivity index (χ0v) is 19.8. The molecular formula is C20H24N6O5S2. The van der Waals surface area contributed by atoms with Crippen LogP contribution in [0.3, 0.4) is 0 Å². The van der Waals surface area contributed by atoms with Crippen LogP contribution in [0.15, 0.2) is 51.1 Å². The van der Waals surface area contributed by atoms with Crippen LogP contribution in [0.5, 0.6) is 0 Å². The maximum atomic E-state index is 12.9. The summed E-state index contributed by atoms with van der Waals surface area (Å²) >= 11 is 1.09. The monoisotopic (exact) mass is 492 g/mol. The number of morpholine rings is 1. The summed E-state index contributed by atoms with van der Waals surface area (Å²) in [7, 11) is -3.64. The third kappa shape index (κ3) is 5.43. The van der Waals surface area contributed by atoms with Gasteiger partial charge in [-0.3, -0.25) is 4.79 Å². The molecular weight excluding hydrogens is 468 g/mol. The number of sulfonamides is 1. The second-order valence-electron chi connectivity index (χ2n) is 7.51. The second-order valence-corrected chi connectivity index (χ2v) is 10.4.